The van der Waals surface area contributed by atoms with Gasteiger partial charge in [-0.25, -0.2) is 4.98 Å². The maximum Gasteiger partial charge on any atom is 0.196 e. The number of fused-ring (bicyclic) bond motifs is 2. The zero-order valence-corrected chi connectivity index (χ0v) is 8.82. The minimum atomic E-state index is 0.543. The van der Waals surface area contributed by atoms with E-state index in [4.69, 9.17) is 14.9 Å². The third-order valence-electron chi connectivity index (χ3n) is 2.57. The lowest BCUT2D eigenvalue weighted by Crippen LogP contribution is -2.17. The summed E-state index contributed by atoms with van der Waals surface area (Å²) >= 11 is 0. The topological polar surface area (TPSA) is 73.3 Å². The van der Waals surface area contributed by atoms with Crippen molar-refractivity contribution in [2.75, 3.05) is 25.0 Å². The van der Waals surface area contributed by atoms with Gasteiger partial charge in [0, 0.05) is 25.6 Å². The Balaban J connectivity index is 2.09. The van der Waals surface area contributed by atoms with Crippen molar-refractivity contribution in [3.63, 3.8) is 0 Å². The Morgan fingerprint density at radius 3 is 3.25 bits per heavy atom. The molecule has 1 aliphatic rings. The van der Waals surface area contributed by atoms with Crippen molar-refractivity contribution in [3.8, 4) is 5.75 Å². The summed E-state index contributed by atoms with van der Waals surface area (Å²) in [7, 11) is 0. The van der Waals surface area contributed by atoms with E-state index in [1.165, 1.54) is 0 Å². The first-order chi connectivity index (χ1) is 7.86. The van der Waals surface area contributed by atoms with Crippen molar-refractivity contribution in [1.82, 2.24) is 4.98 Å². The second-order valence-corrected chi connectivity index (χ2v) is 3.74. The summed E-state index contributed by atoms with van der Waals surface area (Å²) in [5.41, 5.74) is 8.05. The van der Waals surface area contributed by atoms with Crippen LogP contribution >= 0.6 is 0 Å². The molecule has 16 heavy (non-hydrogen) atoms. The van der Waals surface area contributed by atoms with Crippen LogP contribution in [0, 0.1) is 0 Å². The number of anilines is 1. The predicted octanol–water partition coefficient (Wildman–Crippen LogP) is 1.13. The van der Waals surface area contributed by atoms with Crippen molar-refractivity contribution < 1.29 is 9.15 Å². The monoisotopic (exact) mass is 219 g/mol. The van der Waals surface area contributed by atoms with Gasteiger partial charge in [-0.1, -0.05) is 0 Å². The lowest BCUT2D eigenvalue weighted by molar-refractivity contribution is 0.323. The van der Waals surface area contributed by atoms with Gasteiger partial charge >= 0.3 is 0 Å². The summed E-state index contributed by atoms with van der Waals surface area (Å²) in [6.45, 7) is 2.05. The van der Waals surface area contributed by atoms with Gasteiger partial charge < -0.3 is 20.2 Å². The molecule has 5 heteroatoms. The molecule has 1 aliphatic heterocycles. The largest absolute Gasteiger partial charge is 0.489 e. The lowest BCUT2D eigenvalue weighted by atomic mass is 10.2. The van der Waals surface area contributed by atoms with Crippen LogP contribution < -0.4 is 15.8 Å². The Bertz CT molecular complexity index is 478. The average Bonchev–Trinajstić information content (AvgIpc) is 2.67. The molecular formula is C11H13N3O2. The highest BCUT2D eigenvalue weighted by molar-refractivity contribution is 5.82. The normalized spacial score (nSPS) is 14.3. The summed E-state index contributed by atoms with van der Waals surface area (Å²) in [5.74, 6) is 1.51. The number of nitrogens with two attached hydrogens (primary N) is 1. The Labute approximate surface area is 92.6 Å². The summed E-state index contributed by atoms with van der Waals surface area (Å²) in [5, 5.41) is 3.26. The van der Waals surface area contributed by atoms with E-state index < -0.39 is 0 Å². The van der Waals surface area contributed by atoms with Gasteiger partial charge in [-0.15, -0.1) is 0 Å². The van der Waals surface area contributed by atoms with E-state index in [2.05, 4.69) is 10.3 Å². The molecule has 0 saturated heterocycles. The Morgan fingerprint density at radius 2 is 2.38 bits per heavy atom. The second kappa shape index (κ2) is 3.68. The predicted molar refractivity (Wildman–Crippen MR) is 60.8 cm³/mol. The highest BCUT2D eigenvalue weighted by Gasteiger charge is 2.14. The molecule has 3 N–H and O–H groups in total. The Kier molecular flexibility index (Phi) is 2.18. The minimum Gasteiger partial charge on any atom is -0.489 e. The van der Waals surface area contributed by atoms with Crippen molar-refractivity contribution in [2.45, 2.75) is 6.42 Å². The van der Waals surface area contributed by atoms with Crippen LogP contribution in [0.15, 0.2) is 16.5 Å². The van der Waals surface area contributed by atoms with E-state index in [0.29, 0.717) is 25.5 Å². The van der Waals surface area contributed by atoms with Crippen LogP contribution in [0.3, 0.4) is 0 Å². The highest BCUT2D eigenvalue weighted by Crippen LogP contribution is 2.32. The molecule has 0 unspecified atom stereocenters. The fourth-order valence-electron chi connectivity index (χ4n) is 1.84. The van der Waals surface area contributed by atoms with Gasteiger partial charge in [0.2, 0.25) is 0 Å². The molecule has 1 aromatic heterocycles. The summed E-state index contributed by atoms with van der Waals surface area (Å²) < 4.78 is 11.1. The van der Waals surface area contributed by atoms with Gasteiger partial charge in [0.05, 0.1) is 5.69 Å². The van der Waals surface area contributed by atoms with E-state index in [0.717, 1.165) is 29.1 Å². The number of hydrogen-bond donors (Lipinski definition) is 2. The molecular weight excluding hydrogens is 206 g/mol. The Morgan fingerprint density at radius 1 is 1.44 bits per heavy atom. The van der Waals surface area contributed by atoms with Gasteiger partial charge in [-0.05, 0) is 6.07 Å². The standard InChI is InChI=1S/C11H13N3O2/c12-2-1-11-14-8-5-7-9(6-10(8)16-11)15-4-3-13-7/h5-6,13H,1-4,12H2. The van der Waals surface area contributed by atoms with E-state index in [1.807, 2.05) is 12.1 Å². The molecule has 0 radical (unpaired) electrons. The van der Waals surface area contributed by atoms with Gasteiger partial charge in [0.1, 0.15) is 17.9 Å². The van der Waals surface area contributed by atoms with Crippen LogP contribution in [0.25, 0.3) is 11.1 Å². The van der Waals surface area contributed by atoms with E-state index in [-0.39, 0.29) is 0 Å². The number of ether oxygens (including phenoxy) is 1. The zero-order valence-electron chi connectivity index (χ0n) is 8.82. The molecule has 0 aliphatic carbocycles. The first kappa shape index (κ1) is 9.47. The third kappa shape index (κ3) is 1.49. The summed E-state index contributed by atoms with van der Waals surface area (Å²) in [6.07, 6.45) is 0.660. The van der Waals surface area contributed by atoms with Crippen LogP contribution in [0.2, 0.25) is 0 Å². The molecule has 0 amide bonds. The van der Waals surface area contributed by atoms with Crippen molar-refractivity contribution in [1.29, 1.82) is 0 Å². The lowest BCUT2D eigenvalue weighted by Gasteiger charge is -2.18. The second-order valence-electron chi connectivity index (χ2n) is 3.74. The number of rotatable bonds is 2. The molecule has 0 bridgehead atoms. The fourth-order valence-corrected chi connectivity index (χ4v) is 1.84. The minimum absolute atomic E-state index is 0.543. The number of nitrogens with one attached hydrogen (secondary N) is 1. The molecule has 0 atom stereocenters. The van der Waals surface area contributed by atoms with Gasteiger partial charge in [0.15, 0.2) is 11.5 Å². The number of nitrogens with zero attached hydrogens (tertiary/aromatic N) is 1. The molecule has 1 aromatic carbocycles. The van der Waals surface area contributed by atoms with Crippen molar-refractivity contribution in [2.24, 2.45) is 5.73 Å². The van der Waals surface area contributed by atoms with Crippen LogP contribution in [-0.4, -0.2) is 24.7 Å². The molecule has 0 fully saturated rings. The fraction of sp³-hybridized carbons (Fsp3) is 0.364. The van der Waals surface area contributed by atoms with E-state index in [1.54, 1.807) is 0 Å². The average molecular weight is 219 g/mol. The molecule has 0 saturated carbocycles. The summed E-state index contributed by atoms with van der Waals surface area (Å²) in [4.78, 5) is 4.37. The number of benzene rings is 1. The van der Waals surface area contributed by atoms with Crippen molar-refractivity contribution >= 4 is 16.8 Å². The van der Waals surface area contributed by atoms with E-state index >= 15 is 0 Å². The number of oxazole rings is 1. The zero-order chi connectivity index (χ0) is 11.0. The molecule has 2 aromatic rings. The molecule has 3 rings (SSSR count). The first-order valence-electron chi connectivity index (χ1n) is 5.37. The van der Waals surface area contributed by atoms with Crippen LogP contribution in [0.1, 0.15) is 5.89 Å². The van der Waals surface area contributed by atoms with Gasteiger partial charge in [0.25, 0.3) is 0 Å². The first-order valence-corrected chi connectivity index (χ1v) is 5.37. The van der Waals surface area contributed by atoms with Crippen molar-refractivity contribution in [3.05, 3.63) is 18.0 Å². The molecule has 0 spiro atoms. The highest BCUT2D eigenvalue weighted by atomic mass is 16.5. The third-order valence-corrected chi connectivity index (χ3v) is 2.57. The maximum atomic E-state index is 5.58. The molecule has 84 valence electrons. The van der Waals surface area contributed by atoms with Crippen LogP contribution in [0.4, 0.5) is 5.69 Å². The smallest absolute Gasteiger partial charge is 0.196 e. The summed E-state index contributed by atoms with van der Waals surface area (Å²) in [6, 6.07) is 3.83. The molecule has 5 nitrogen and oxygen atoms in total. The van der Waals surface area contributed by atoms with Gasteiger partial charge in [-0.2, -0.15) is 0 Å². The van der Waals surface area contributed by atoms with Gasteiger partial charge in [-0.3, -0.25) is 0 Å². The number of hydrogen-bond acceptors (Lipinski definition) is 5. The van der Waals surface area contributed by atoms with Crippen LogP contribution in [-0.2, 0) is 6.42 Å². The SMILES string of the molecule is NCCc1nc2cc3c(cc2o1)OCCN3. The maximum absolute atomic E-state index is 5.58. The number of aromatic nitrogens is 1. The Hall–Kier alpha value is -1.75. The van der Waals surface area contributed by atoms with Crippen LogP contribution in [0.5, 0.6) is 5.75 Å². The molecule has 2 heterocycles. The quantitative estimate of drug-likeness (QED) is 0.792. The van der Waals surface area contributed by atoms with E-state index in [9.17, 15) is 0 Å².